The van der Waals surface area contributed by atoms with Gasteiger partial charge in [0.2, 0.25) is 0 Å². The van der Waals surface area contributed by atoms with E-state index in [2.05, 4.69) is 0 Å². The average molecular weight is 376 g/mol. The Labute approximate surface area is 124 Å². The average Bonchev–Trinajstić information content (AvgIpc) is 2.30. The van der Waals surface area contributed by atoms with Crippen LogP contribution in [0.5, 0.6) is 0 Å². The Kier molecular flexibility index (Phi) is 13.9. The Morgan fingerprint density at radius 3 is 1.23 bits per heavy atom. The highest BCUT2D eigenvalue weighted by atomic mass is 32.3. The third kappa shape index (κ3) is 27.5. The van der Waals surface area contributed by atoms with E-state index >= 15 is 0 Å². The minimum Gasteiger partial charge on any atom is -0.394 e. The SMILES string of the molecule is O=CC(O)C(O)C(O)C(O)CO.O=S(=O)(O)O.O=S(=O)(O)O. The molecule has 4 atom stereocenters. The zero-order chi connectivity index (χ0) is 18.7. The second-order valence-electron chi connectivity index (χ2n) is 3.25. The molecule has 0 radical (unpaired) electrons. The van der Waals surface area contributed by atoms with Crippen molar-refractivity contribution in [3.8, 4) is 0 Å². The topological polar surface area (TPSA) is 267 Å². The fourth-order valence-electron chi connectivity index (χ4n) is 0.618. The van der Waals surface area contributed by atoms with Crippen molar-refractivity contribution in [2.75, 3.05) is 6.61 Å². The Morgan fingerprint density at radius 1 is 0.773 bits per heavy atom. The number of aliphatic hydroxyl groups excluding tert-OH is 5. The maximum Gasteiger partial charge on any atom is 0.394 e. The Morgan fingerprint density at radius 2 is 1.05 bits per heavy atom. The summed E-state index contributed by atoms with van der Waals surface area (Å²) < 4.78 is 63.2. The summed E-state index contributed by atoms with van der Waals surface area (Å²) in [5.41, 5.74) is 0. The van der Waals surface area contributed by atoms with E-state index in [0.717, 1.165) is 0 Å². The van der Waals surface area contributed by atoms with Crippen molar-refractivity contribution >= 4 is 27.1 Å². The Balaban J connectivity index is -0.000000298. The van der Waals surface area contributed by atoms with Crippen LogP contribution < -0.4 is 0 Å². The van der Waals surface area contributed by atoms with Gasteiger partial charge >= 0.3 is 20.8 Å². The van der Waals surface area contributed by atoms with Gasteiger partial charge < -0.3 is 30.3 Å². The number of hydrogen-bond acceptors (Lipinski definition) is 10. The molecule has 0 aromatic rings. The van der Waals surface area contributed by atoms with E-state index in [0.29, 0.717) is 0 Å². The van der Waals surface area contributed by atoms with Gasteiger partial charge in [0.25, 0.3) is 0 Å². The molecule has 0 rings (SSSR count). The van der Waals surface area contributed by atoms with E-state index in [-0.39, 0.29) is 6.29 Å². The lowest BCUT2D eigenvalue weighted by atomic mass is 10.0. The summed E-state index contributed by atoms with van der Waals surface area (Å²) in [7, 11) is -9.33. The smallest absolute Gasteiger partial charge is 0.394 e. The molecule has 0 saturated carbocycles. The molecule has 0 bridgehead atoms. The van der Waals surface area contributed by atoms with E-state index < -0.39 is 51.8 Å². The first-order valence-corrected chi connectivity index (χ1v) is 7.52. The molecule has 0 aliphatic heterocycles. The number of carbonyl (C=O) groups is 1. The standard InChI is InChI=1S/C6H12O6.2H2O4S/c7-1-3(9)5(11)6(12)4(10)2-8;2*1-5(2,3)4/h1,3-6,8-12H,2H2;2*(H2,1,2,3,4). The molecule has 14 nitrogen and oxygen atoms in total. The van der Waals surface area contributed by atoms with Crippen LogP contribution in [0.15, 0.2) is 0 Å². The molecular formula is C6H16O14S2. The first-order valence-electron chi connectivity index (χ1n) is 4.72. The minimum atomic E-state index is -4.67. The summed E-state index contributed by atoms with van der Waals surface area (Å²) in [6.07, 6.45) is -6.84. The van der Waals surface area contributed by atoms with Crippen molar-refractivity contribution in [1.82, 2.24) is 0 Å². The number of aliphatic hydroxyl groups is 5. The molecule has 0 aromatic carbocycles. The van der Waals surface area contributed by atoms with E-state index in [1.165, 1.54) is 0 Å². The predicted octanol–water partition coefficient (Wildman–Crippen LogP) is -4.68. The van der Waals surface area contributed by atoms with E-state index in [4.69, 9.17) is 60.6 Å². The fraction of sp³-hybridized carbons (Fsp3) is 0.833. The highest BCUT2D eigenvalue weighted by molar-refractivity contribution is 7.80. The van der Waals surface area contributed by atoms with Crippen LogP contribution in [-0.2, 0) is 25.6 Å². The summed E-state index contributed by atoms with van der Waals surface area (Å²) in [5.74, 6) is 0. The van der Waals surface area contributed by atoms with Crippen LogP contribution in [0.2, 0.25) is 0 Å². The number of hydrogen-bond donors (Lipinski definition) is 9. The van der Waals surface area contributed by atoms with Crippen molar-refractivity contribution in [2.24, 2.45) is 0 Å². The minimum absolute atomic E-state index is 0.0258. The van der Waals surface area contributed by atoms with E-state index in [9.17, 15) is 4.79 Å². The first kappa shape index (κ1) is 26.1. The Bertz CT molecular complexity index is 435. The van der Waals surface area contributed by atoms with Crippen molar-refractivity contribution in [3.63, 3.8) is 0 Å². The summed E-state index contributed by atoms with van der Waals surface area (Å²) in [4.78, 5) is 9.90. The van der Waals surface area contributed by atoms with Crippen LogP contribution in [0, 0.1) is 0 Å². The lowest BCUT2D eigenvalue weighted by molar-refractivity contribution is -0.136. The quantitative estimate of drug-likeness (QED) is 0.161. The highest BCUT2D eigenvalue weighted by Crippen LogP contribution is 2.02. The maximum atomic E-state index is 9.90. The molecule has 0 spiro atoms. The summed E-state index contributed by atoms with van der Waals surface area (Å²) in [6.45, 7) is -0.760. The normalized spacial score (nSPS) is 16.8. The van der Waals surface area contributed by atoms with Crippen molar-refractivity contribution < 1.29 is 65.4 Å². The van der Waals surface area contributed by atoms with Gasteiger partial charge in [0.15, 0.2) is 6.29 Å². The molecular weight excluding hydrogens is 360 g/mol. The Hall–Kier alpha value is -0.790. The van der Waals surface area contributed by atoms with Gasteiger partial charge in [0.1, 0.15) is 24.4 Å². The zero-order valence-corrected chi connectivity index (χ0v) is 12.1. The largest absolute Gasteiger partial charge is 0.394 e. The van der Waals surface area contributed by atoms with Crippen molar-refractivity contribution in [3.05, 3.63) is 0 Å². The molecule has 0 amide bonds. The van der Waals surface area contributed by atoms with E-state index in [1.807, 2.05) is 0 Å². The molecule has 4 unspecified atom stereocenters. The maximum absolute atomic E-state index is 9.90. The fourth-order valence-corrected chi connectivity index (χ4v) is 0.618. The lowest BCUT2D eigenvalue weighted by Crippen LogP contribution is -2.46. The molecule has 0 aliphatic carbocycles. The van der Waals surface area contributed by atoms with Crippen LogP contribution in [0.1, 0.15) is 0 Å². The zero-order valence-electron chi connectivity index (χ0n) is 10.5. The predicted molar refractivity (Wildman–Crippen MR) is 65.5 cm³/mol. The van der Waals surface area contributed by atoms with Gasteiger partial charge in [0.05, 0.1) is 6.61 Å². The molecule has 16 heteroatoms. The molecule has 0 aromatic heterocycles. The molecule has 136 valence electrons. The number of rotatable bonds is 5. The number of aldehydes is 1. The van der Waals surface area contributed by atoms with Gasteiger partial charge in [-0.3, -0.25) is 18.2 Å². The first-order chi connectivity index (χ1) is 9.54. The summed E-state index contributed by atoms with van der Waals surface area (Å²) >= 11 is 0. The highest BCUT2D eigenvalue weighted by Gasteiger charge is 2.29. The van der Waals surface area contributed by atoms with Crippen molar-refractivity contribution in [1.29, 1.82) is 0 Å². The van der Waals surface area contributed by atoms with Gasteiger partial charge in [-0.25, -0.2) is 0 Å². The molecule has 0 fully saturated rings. The van der Waals surface area contributed by atoms with Gasteiger partial charge in [-0.2, -0.15) is 16.8 Å². The molecule has 0 heterocycles. The van der Waals surface area contributed by atoms with Gasteiger partial charge in [-0.05, 0) is 0 Å². The molecule has 0 saturated heterocycles. The van der Waals surface area contributed by atoms with Gasteiger partial charge in [-0.1, -0.05) is 0 Å². The summed E-state index contributed by atoms with van der Waals surface area (Å²) in [5, 5.41) is 43.5. The molecule has 9 N–H and O–H groups in total. The number of carbonyl (C=O) groups excluding carboxylic acids is 1. The van der Waals surface area contributed by atoms with Gasteiger partial charge in [0, 0.05) is 0 Å². The van der Waals surface area contributed by atoms with Gasteiger partial charge in [-0.15, -0.1) is 0 Å². The second kappa shape index (κ2) is 11.7. The van der Waals surface area contributed by atoms with Crippen LogP contribution in [0.25, 0.3) is 0 Å². The van der Waals surface area contributed by atoms with E-state index in [1.54, 1.807) is 0 Å². The molecule has 0 aliphatic rings. The van der Waals surface area contributed by atoms with Crippen LogP contribution in [0.3, 0.4) is 0 Å². The van der Waals surface area contributed by atoms with Crippen LogP contribution in [0.4, 0.5) is 0 Å². The summed E-state index contributed by atoms with van der Waals surface area (Å²) in [6, 6.07) is 0. The third-order valence-electron chi connectivity index (χ3n) is 1.42. The monoisotopic (exact) mass is 376 g/mol. The van der Waals surface area contributed by atoms with Crippen molar-refractivity contribution in [2.45, 2.75) is 24.4 Å². The second-order valence-corrected chi connectivity index (χ2v) is 5.04. The van der Waals surface area contributed by atoms with Crippen LogP contribution in [-0.4, -0.2) is 97.9 Å². The molecule has 22 heavy (non-hydrogen) atoms. The third-order valence-corrected chi connectivity index (χ3v) is 1.42. The lowest BCUT2D eigenvalue weighted by Gasteiger charge is -2.22. The van der Waals surface area contributed by atoms with Crippen LogP contribution >= 0.6 is 0 Å².